The molecule has 2 rings (SSSR count). The van der Waals surface area contributed by atoms with Gasteiger partial charge in [-0.2, -0.15) is 0 Å². The van der Waals surface area contributed by atoms with Crippen LogP contribution in [0.1, 0.15) is 5.56 Å². The second kappa shape index (κ2) is 6.02. The van der Waals surface area contributed by atoms with E-state index in [0.717, 1.165) is 4.47 Å². The smallest absolute Gasteiger partial charge is 0.165 e. The van der Waals surface area contributed by atoms with Gasteiger partial charge in [0.15, 0.2) is 11.6 Å². The molecule has 0 saturated carbocycles. The molecule has 0 radical (unpaired) electrons. The molecule has 0 aliphatic heterocycles. The lowest BCUT2D eigenvalue weighted by atomic mass is 10.2. The number of hydrogen-bond acceptors (Lipinski definition) is 2. The molecule has 0 bridgehead atoms. The standard InChI is InChI=1S/C14H12BrF2NO/c1-19-14-5-2-9(6-12(14)17)8-18-13-7-10(15)3-4-11(13)16/h2-7,18H,8H2,1H3. The van der Waals surface area contributed by atoms with Gasteiger partial charge in [-0.05, 0) is 35.9 Å². The van der Waals surface area contributed by atoms with Crippen molar-refractivity contribution in [2.24, 2.45) is 0 Å². The van der Waals surface area contributed by atoms with Crippen molar-refractivity contribution in [2.45, 2.75) is 6.54 Å². The third-order valence-electron chi connectivity index (χ3n) is 2.63. The van der Waals surface area contributed by atoms with Crippen LogP contribution in [0.5, 0.6) is 5.75 Å². The van der Waals surface area contributed by atoms with E-state index in [1.807, 2.05) is 0 Å². The molecule has 5 heteroatoms. The Morgan fingerprint density at radius 1 is 1.11 bits per heavy atom. The maximum Gasteiger partial charge on any atom is 0.165 e. The van der Waals surface area contributed by atoms with Crippen molar-refractivity contribution in [3.8, 4) is 5.75 Å². The van der Waals surface area contributed by atoms with Crippen molar-refractivity contribution in [3.63, 3.8) is 0 Å². The highest BCUT2D eigenvalue weighted by Crippen LogP contribution is 2.22. The Bertz CT molecular complexity index is 590. The molecule has 0 heterocycles. The minimum Gasteiger partial charge on any atom is -0.494 e. The van der Waals surface area contributed by atoms with Crippen LogP contribution in [0.3, 0.4) is 0 Å². The molecule has 0 spiro atoms. The summed E-state index contributed by atoms with van der Waals surface area (Å²) in [6.45, 7) is 0.328. The normalized spacial score (nSPS) is 10.3. The second-order valence-electron chi connectivity index (χ2n) is 3.95. The van der Waals surface area contributed by atoms with Crippen LogP contribution in [0.4, 0.5) is 14.5 Å². The van der Waals surface area contributed by atoms with Gasteiger partial charge in [0.1, 0.15) is 5.82 Å². The first-order valence-electron chi connectivity index (χ1n) is 5.61. The Labute approximate surface area is 118 Å². The van der Waals surface area contributed by atoms with Crippen LogP contribution in [-0.2, 0) is 6.54 Å². The quantitative estimate of drug-likeness (QED) is 0.901. The van der Waals surface area contributed by atoms with Gasteiger partial charge in [-0.3, -0.25) is 0 Å². The number of nitrogens with one attached hydrogen (secondary N) is 1. The lowest BCUT2D eigenvalue weighted by Gasteiger charge is -2.09. The molecular weight excluding hydrogens is 316 g/mol. The molecule has 2 nitrogen and oxygen atoms in total. The van der Waals surface area contributed by atoms with E-state index in [9.17, 15) is 8.78 Å². The number of anilines is 1. The molecule has 0 fully saturated rings. The van der Waals surface area contributed by atoms with Crippen molar-refractivity contribution in [2.75, 3.05) is 12.4 Å². The first-order chi connectivity index (χ1) is 9.10. The van der Waals surface area contributed by atoms with Crippen molar-refractivity contribution in [1.29, 1.82) is 0 Å². The Morgan fingerprint density at radius 3 is 2.58 bits per heavy atom. The van der Waals surface area contributed by atoms with E-state index in [-0.39, 0.29) is 11.6 Å². The summed E-state index contributed by atoms with van der Waals surface area (Å²) in [7, 11) is 1.41. The largest absolute Gasteiger partial charge is 0.494 e. The minimum absolute atomic E-state index is 0.192. The summed E-state index contributed by atoms with van der Waals surface area (Å²) in [4.78, 5) is 0. The Balaban J connectivity index is 2.10. The average molecular weight is 328 g/mol. The summed E-state index contributed by atoms with van der Waals surface area (Å²) in [6, 6.07) is 9.25. The fourth-order valence-electron chi connectivity index (χ4n) is 1.65. The molecule has 19 heavy (non-hydrogen) atoms. The first-order valence-corrected chi connectivity index (χ1v) is 6.41. The van der Waals surface area contributed by atoms with Gasteiger partial charge < -0.3 is 10.1 Å². The van der Waals surface area contributed by atoms with Gasteiger partial charge in [-0.15, -0.1) is 0 Å². The van der Waals surface area contributed by atoms with Gasteiger partial charge >= 0.3 is 0 Å². The SMILES string of the molecule is COc1ccc(CNc2cc(Br)ccc2F)cc1F. The highest BCUT2D eigenvalue weighted by atomic mass is 79.9. The average Bonchev–Trinajstić information content (AvgIpc) is 2.40. The number of halogens is 3. The van der Waals surface area contributed by atoms with Crippen LogP contribution in [-0.4, -0.2) is 7.11 Å². The highest BCUT2D eigenvalue weighted by molar-refractivity contribution is 9.10. The lowest BCUT2D eigenvalue weighted by molar-refractivity contribution is 0.386. The highest BCUT2D eigenvalue weighted by Gasteiger charge is 2.05. The fourth-order valence-corrected chi connectivity index (χ4v) is 2.01. The monoisotopic (exact) mass is 327 g/mol. The maximum atomic E-state index is 13.5. The van der Waals surface area contributed by atoms with Gasteiger partial charge in [0, 0.05) is 11.0 Å². The molecular formula is C14H12BrF2NO. The van der Waals surface area contributed by atoms with E-state index >= 15 is 0 Å². The summed E-state index contributed by atoms with van der Waals surface area (Å²) in [5.74, 6) is -0.592. The number of ether oxygens (including phenoxy) is 1. The minimum atomic E-state index is -0.434. The van der Waals surface area contributed by atoms with Crippen molar-refractivity contribution in [3.05, 3.63) is 58.1 Å². The van der Waals surface area contributed by atoms with Gasteiger partial charge in [0.05, 0.1) is 12.8 Å². The molecule has 0 aromatic heterocycles. The van der Waals surface area contributed by atoms with Crippen LogP contribution in [0, 0.1) is 11.6 Å². The Morgan fingerprint density at radius 2 is 1.89 bits per heavy atom. The topological polar surface area (TPSA) is 21.3 Å². The number of hydrogen-bond donors (Lipinski definition) is 1. The first kappa shape index (κ1) is 13.8. The zero-order valence-electron chi connectivity index (χ0n) is 10.2. The summed E-state index contributed by atoms with van der Waals surface area (Å²) >= 11 is 3.27. The fraction of sp³-hybridized carbons (Fsp3) is 0.143. The molecule has 100 valence electrons. The maximum absolute atomic E-state index is 13.5. The van der Waals surface area contributed by atoms with Crippen LogP contribution in [0.15, 0.2) is 40.9 Å². The second-order valence-corrected chi connectivity index (χ2v) is 4.86. The van der Waals surface area contributed by atoms with Gasteiger partial charge in [0.25, 0.3) is 0 Å². The predicted molar refractivity (Wildman–Crippen MR) is 74.4 cm³/mol. The molecule has 2 aromatic carbocycles. The van der Waals surface area contributed by atoms with Crippen molar-refractivity contribution < 1.29 is 13.5 Å². The van der Waals surface area contributed by atoms with Crippen LogP contribution < -0.4 is 10.1 Å². The van der Waals surface area contributed by atoms with E-state index in [1.54, 1.807) is 24.3 Å². The summed E-state index contributed by atoms with van der Waals surface area (Å²) in [5, 5.41) is 2.92. The number of benzene rings is 2. The molecule has 0 atom stereocenters. The third kappa shape index (κ3) is 3.44. The van der Waals surface area contributed by atoms with E-state index in [4.69, 9.17) is 4.74 Å². The number of methoxy groups -OCH3 is 1. The van der Waals surface area contributed by atoms with Crippen LogP contribution in [0.25, 0.3) is 0 Å². The van der Waals surface area contributed by atoms with E-state index in [1.165, 1.54) is 19.2 Å². The Hall–Kier alpha value is -1.62. The molecule has 0 unspecified atom stereocenters. The Kier molecular flexibility index (Phi) is 4.37. The predicted octanol–water partition coefficient (Wildman–Crippen LogP) is 4.35. The van der Waals surface area contributed by atoms with Crippen LogP contribution >= 0.6 is 15.9 Å². The van der Waals surface area contributed by atoms with Crippen LogP contribution in [0.2, 0.25) is 0 Å². The zero-order chi connectivity index (χ0) is 13.8. The van der Waals surface area contributed by atoms with Gasteiger partial charge in [-0.1, -0.05) is 22.0 Å². The molecule has 0 amide bonds. The van der Waals surface area contributed by atoms with Crippen molar-refractivity contribution >= 4 is 21.6 Å². The molecule has 0 saturated heterocycles. The third-order valence-corrected chi connectivity index (χ3v) is 3.12. The van der Waals surface area contributed by atoms with E-state index in [0.29, 0.717) is 17.8 Å². The molecule has 0 aliphatic rings. The van der Waals surface area contributed by atoms with Gasteiger partial charge in [-0.25, -0.2) is 8.78 Å². The zero-order valence-corrected chi connectivity index (χ0v) is 11.8. The summed E-state index contributed by atoms with van der Waals surface area (Å²) in [5.41, 5.74) is 1.07. The van der Waals surface area contributed by atoms with Gasteiger partial charge in [0.2, 0.25) is 0 Å². The van der Waals surface area contributed by atoms with E-state index < -0.39 is 5.82 Å². The number of rotatable bonds is 4. The molecule has 2 aromatic rings. The van der Waals surface area contributed by atoms with Crippen molar-refractivity contribution in [1.82, 2.24) is 0 Å². The molecule has 0 aliphatic carbocycles. The molecule has 1 N–H and O–H groups in total. The summed E-state index contributed by atoms with van der Waals surface area (Å²) in [6.07, 6.45) is 0. The summed E-state index contributed by atoms with van der Waals surface area (Å²) < 4.78 is 32.6. The lowest BCUT2D eigenvalue weighted by Crippen LogP contribution is -2.02. The van der Waals surface area contributed by atoms with E-state index in [2.05, 4.69) is 21.2 Å².